The monoisotopic (exact) mass is 341 g/mol. The summed E-state index contributed by atoms with van der Waals surface area (Å²) >= 11 is 0. The van der Waals surface area contributed by atoms with E-state index in [9.17, 15) is 9.59 Å². The summed E-state index contributed by atoms with van der Waals surface area (Å²) in [5.74, 6) is 0.336. The van der Waals surface area contributed by atoms with Crippen LogP contribution in [0.2, 0.25) is 0 Å². The molecule has 1 aromatic heterocycles. The molecule has 2 amide bonds. The average molecular weight is 341 g/mol. The van der Waals surface area contributed by atoms with Crippen molar-refractivity contribution in [3.05, 3.63) is 41.7 Å². The van der Waals surface area contributed by atoms with Gasteiger partial charge in [-0.3, -0.25) is 14.6 Å². The van der Waals surface area contributed by atoms with E-state index in [2.05, 4.69) is 4.98 Å². The summed E-state index contributed by atoms with van der Waals surface area (Å²) in [7, 11) is 0. The molecular weight excluding hydrogens is 314 g/mol. The van der Waals surface area contributed by atoms with Gasteiger partial charge in [-0.25, -0.2) is 0 Å². The molecule has 2 aliphatic rings. The maximum absolute atomic E-state index is 13.1. The van der Waals surface area contributed by atoms with E-state index < -0.39 is 0 Å². The highest BCUT2D eigenvalue weighted by molar-refractivity contribution is 5.88. The predicted octanol–water partition coefficient (Wildman–Crippen LogP) is 2.78. The Kier molecular flexibility index (Phi) is 5.21. The zero-order valence-corrected chi connectivity index (χ0v) is 15.2. The molecule has 2 saturated heterocycles. The second kappa shape index (κ2) is 7.38. The molecule has 3 rings (SSSR count). The van der Waals surface area contributed by atoms with Crippen molar-refractivity contribution in [3.63, 3.8) is 0 Å². The second-order valence-electron chi connectivity index (χ2n) is 7.52. The Labute approximate surface area is 149 Å². The highest BCUT2D eigenvalue weighted by Crippen LogP contribution is 2.42. The molecule has 2 aliphatic heterocycles. The molecule has 1 aromatic rings. The maximum atomic E-state index is 13.1. The highest BCUT2D eigenvalue weighted by Gasteiger charge is 2.47. The van der Waals surface area contributed by atoms with Crippen LogP contribution in [0.1, 0.15) is 45.1 Å². The fourth-order valence-electron chi connectivity index (χ4n) is 3.97. The summed E-state index contributed by atoms with van der Waals surface area (Å²) in [6, 6.07) is 3.92. The van der Waals surface area contributed by atoms with Crippen molar-refractivity contribution in [2.45, 2.75) is 46.1 Å². The number of likely N-dealkylation sites (tertiary alicyclic amines) is 2. The van der Waals surface area contributed by atoms with Crippen LogP contribution in [0.15, 0.2) is 36.2 Å². The summed E-state index contributed by atoms with van der Waals surface area (Å²) in [5.41, 5.74) is 1.81. The van der Waals surface area contributed by atoms with Crippen LogP contribution in [0.3, 0.4) is 0 Å². The molecule has 3 heterocycles. The van der Waals surface area contributed by atoms with E-state index in [0.717, 1.165) is 49.9 Å². The first-order valence-electron chi connectivity index (χ1n) is 9.12. The summed E-state index contributed by atoms with van der Waals surface area (Å²) in [6.45, 7) is 6.74. The lowest BCUT2D eigenvalue weighted by Crippen LogP contribution is -2.36. The molecule has 2 fully saturated rings. The van der Waals surface area contributed by atoms with Crippen molar-refractivity contribution in [3.8, 4) is 0 Å². The first-order chi connectivity index (χ1) is 12.0. The number of carbonyl (C=O) groups is 2. The number of pyridine rings is 1. The molecule has 0 saturated carbocycles. The van der Waals surface area contributed by atoms with Crippen LogP contribution in [-0.2, 0) is 16.1 Å². The van der Waals surface area contributed by atoms with E-state index in [1.54, 1.807) is 12.3 Å². The third-order valence-electron chi connectivity index (χ3n) is 5.36. The Hall–Kier alpha value is -2.17. The quantitative estimate of drug-likeness (QED) is 0.795. The Morgan fingerprint density at radius 3 is 2.76 bits per heavy atom. The van der Waals surface area contributed by atoms with Crippen molar-refractivity contribution in [1.82, 2.24) is 14.8 Å². The van der Waals surface area contributed by atoms with Crippen molar-refractivity contribution < 1.29 is 9.59 Å². The summed E-state index contributed by atoms with van der Waals surface area (Å²) < 4.78 is 0. The molecule has 0 unspecified atom stereocenters. The molecule has 0 N–H and O–H groups in total. The largest absolute Gasteiger partial charge is 0.339 e. The molecule has 5 heteroatoms. The Morgan fingerprint density at radius 2 is 2.04 bits per heavy atom. The van der Waals surface area contributed by atoms with Gasteiger partial charge in [0, 0.05) is 44.6 Å². The van der Waals surface area contributed by atoms with Crippen molar-refractivity contribution >= 4 is 11.8 Å². The predicted molar refractivity (Wildman–Crippen MR) is 96.6 cm³/mol. The summed E-state index contributed by atoms with van der Waals surface area (Å²) in [6.07, 6.45) is 8.73. The number of aromatic nitrogens is 1. The fourth-order valence-corrected chi connectivity index (χ4v) is 3.97. The van der Waals surface area contributed by atoms with Crippen LogP contribution in [-0.4, -0.2) is 46.2 Å². The van der Waals surface area contributed by atoms with Gasteiger partial charge in [-0.2, -0.15) is 0 Å². The van der Waals surface area contributed by atoms with Crippen LogP contribution >= 0.6 is 0 Å². The number of hydrogen-bond donors (Lipinski definition) is 0. The van der Waals surface area contributed by atoms with Gasteiger partial charge in [0.05, 0.1) is 5.41 Å². The number of hydrogen-bond acceptors (Lipinski definition) is 3. The topological polar surface area (TPSA) is 53.5 Å². The Balaban J connectivity index is 1.66. The molecule has 0 aromatic carbocycles. The van der Waals surface area contributed by atoms with Crippen LogP contribution in [0.5, 0.6) is 0 Å². The molecule has 1 atom stereocenters. The van der Waals surface area contributed by atoms with Gasteiger partial charge in [-0.15, -0.1) is 0 Å². The van der Waals surface area contributed by atoms with Gasteiger partial charge in [0.2, 0.25) is 11.8 Å². The number of carbonyl (C=O) groups excluding carboxylic acids is 2. The third kappa shape index (κ3) is 3.91. The van der Waals surface area contributed by atoms with Gasteiger partial charge >= 0.3 is 0 Å². The van der Waals surface area contributed by atoms with Crippen molar-refractivity contribution in [1.29, 1.82) is 0 Å². The minimum atomic E-state index is -0.276. The molecule has 5 nitrogen and oxygen atoms in total. The van der Waals surface area contributed by atoms with Gasteiger partial charge in [0.15, 0.2) is 0 Å². The molecule has 0 aliphatic carbocycles. The van der Waals surface area contributed by atoms with Crippen LogP contribution in [0.25, 0.3) is 0 Å². The van der Waals surface area contributed by atoms with Gasteiger partial charge in [-0.05, 0) is 51.2 Å². The van der Waals surface area contributed by atoms with E-state index >= 15 is 0 Å². The zero-order valence-electron chi connectivity index (χ0n) is 15.2. The van der Waals surface area contributed by atoms with E-state index in [0.29, 0.717) is 13.1 Å². The number of allylic oxidation sites excluding steroid dienone is 1. The van der Waals surface area contributed by atoms with Crippen LogP contribution in [0.4, 0.5) is 0 Å². The van der Waals surface area contributed by atoms with Gasteiger partial charge in [0.25, 0.3) is 0 Å². The molecule has 134 valence electrons. The van der Waals surface area contributed by atoms with Crippen molar-refractivity contribution in [2.75, 3.05) is 19.6 Å². The van der Waals surface area contributed by atoms with E-state index in [1.807, 2.05) is 42.0 Å². The first kappa shape index (κ1) is 17.6. The van der Waals surface area contributed by atoms with E-state index in [1.165, 1.54) is 0 Å². The lowest BCUT2D eigenvalue weighted by molar-refractivity contribution is -0.137. The molecule has 0 bridgehead atoms. The van der Waals surface area contributed by atoms with Gasteiger partial charge in [-0.1, -0.05) is 11.6 Å². The lowest BCUT2D eigenvalue weighted by atomic mass is 9.79. The lowest BCUT2D eigenvalue weighted by Gasteiger charge is -2.26. The number of rotatable bonds is 3. The third-order valence-corrected chi connectivity index (χ3v) is 5.36. The SMILES string of the molecule is CC(C)=CC(=O)N1CCC[C@]2(CC1)CCN(Cc1cccnc1)C2=O. The standard InChI is InChI=1S/C20H27N3O2/c1-16(2)13-18(24)22-10-4-6-20(7-11-22)8-12-23(19(20)25)15-17-5-3-9-21-14-17/h3,5,9,13-14H,4,6-8,10-12,15H2,1-2H3/t20-/m0/s1. The van der Waals surface area contributed by atoms with E-state index in [4.69, 9.17) is 0 Å². The van der Waals surface area contributed by atoms with Gasteiger partial charge in [0.1, 0.15) is 0 Å². The average Bonchev–Trinajstić information content (AvgIpc) is 2.76. The maximum Gasteiger partial charge on any atom is 0.246 e. The molecule has 25 heavy (non-hydrogen) atoms. The van der Waals surface area contributed by atoms with Crippen molar-refractivity contribution in [2.24, 2.45) is 5.41 Å². The second-order valence-corrected chi connectivity index (χ2v) is 7.52. The molecular formula is C20H27N3O2. The molecule has 0 radical (unpaired) electrons. The zero-order chi connectivity index (χ0) is 17.9. The van der Waals surface area contributed by atoms with Gasteiger partial charge < -0.3 is 9.80 Å². The minimum absolute atomic E-state index is 0.0784. The summed E-state index contributed by atoms with van der Waals surface area (Å²) in [4.78, 5) is 33.4. The number of amides is 2. The smallest absolute Gasteiger partial charge is 0.246 e. The Bertz CT molecular complexity index is 667. The fraction of sp³-hybridized carbons (Fsp3) is 0.550. The molecule has 1 spiro atoms. The Morgan fingerprint density at radius 1 is 1.24 bits per heavy atom. The minimum Gasteiger partial charge on any atom is -0.339 e. The van der Waals surface area contributed by atoms with E-state index in [-0.39, 0.29) is 17.2 Å². The first-order valence-corrected chi connectivity index (χ1v) is 9.12. The number of nitrogens with zero attached hydrogens (tertiary/aromatic N) is 3. The van der Waals surface area contributed by atoms with Crippen LogP contribution in [0, 0.1) is 5.41 Å². The highest BCUT2D eigenvalue weighted by atomic mass is 16.2. The normalized spacial score (nSPS) is 23.7. The van der Waals surface area contributed by atoms with Crippen LogP contribution < -0.4 is 0 Å². The summed E-state index contributed by atoms with van der Waals surface area (Å²) in [5, 5.41) is 0.